The number of rotatable bonds is 8. The lowest BCUT2D eigenvalue weighted by atomic mass is 9.98. The quantitative estimate of drug-likeness (QED) is 0.614. The van der Waals surface area contributed by atoms with Crippen molar-refractivity contribution in [2.24, 2.45) is 0 Å². The molecule has 0 aromatic heterocycles. The molecule has 3 heteroatoms. The van der Waals surface area contributed by atoms with E-state index < -0.39 is 0 Å². The highest BCUT2D eigenvalue weighted by atomic mass is 16.5. The molecule has 0 saturated heterocycles. The average molecular weight is 204 g/mol. The summed E-state index contributed by atoms with van der Waals surface area (Å²) in [6, 6.07) is 0. The Morgan fingerprint density at radius 1 is 1.21 bits per heavy atom. The molecule has 0 bridgehead atoms. The fraction of sp³-hybridized carbons (Fsp3) is 1.00. The van der Waals surface area contributed by atoms with Gasteiger partial charge in [-0.1, -0.05) is 0 Å². The summed E-state index contributed by atoms with van der Waals surface area (Å²) in [7, 11) is 3.39. The molecular weight excluding hydrogens is 180 g/mol. The summed E-state index contributed by atoms with van der Waals surface area (Å²) in [4.78, 5) is 0. The molecule has 0 radical (unpaired) electrons. The van der Waals surface area contributed by atoms with Gasteiger partial charge in [0.05, 0.1) is 11.7 Å². The molecule has 86 valence electrons. The first kappa shape index (κ1) is 13.9. The Morgan fingerprint density at radius 3 is 2.36 bits per heavy atom. The highest BCUT2D eigenvalue weighted by Crippen LogP contribution is 2.18. The van der Waals surface area contributed by atoms with Gasteiger partial charge in [-0.25, -0.2) is 0 Å². The fourth-order valence-corrected chi connectivity index (χ4v) is 1.22. The van der Waals surface area contributed by atoms with Crippen LogP contribution < -0.4 is 0 Å². The van der Waals surface area contributed by atoms with Crippen LogP contribution in [0.15, 0.2) is 0 Å². The van der Waals surface area contributed by atoms with E-state index in [1.807, 2.05) is 13.8 Å². The van der Waals surface area contributed by atoms with Gasteiger partial charge in [-0.15, -0.1) is 0 Å². The van der Waals surface area contributed by atoms with Crippen LogP contribution in [0.3, 0.4) is 0 Å². The van der Waals surface area contributed by atoms with Crippen molar-refractivity contribution >= 4 is 0 Å². The van der Waals surface area contributed by atoms with Crippen molar-refractivity contribution in [2.75, 3.05) is 20.8 Å². The molecule has 0 aromatic rings. The maximum Gasteiger partial charge on any atom is 0.0623 e. The van der Waals surface area contributed by atoms with E-state index in [2.05, 4.69) is 0 Å². The maximum atomic E-state index is 9.62. The monoisotopic (exact) mass is 204 g/mol. The predicted molar refractivity (Wildman–Crippen MR) is 57.4 cm³/mol. The second kappa shape index (κ2) is 7.21. The van der Waals surface area contributed by atoms with Crippen LogP contribution in [-0.4, -0.2) is 37.6 Å². The van der Waals surface area contributed by atoms with Crippen LogP contribution in [0.25, 0.3) is 0 Å². The van der Waals surface area contributed by atoms with E-state index in [1.54, 1.807) is 14.2 Å². The van der Waals surface area contributed by atoms with Gasteiger partial charge < -0.3 is 14.6 Å². The van der Waals surface area contributed by atoms with Gasteiger partial charge in [-0.2, -0.15) is 0 Å². The van der Waals surface area contributed by atoms with E-state index in [1.165, 1.54) is 0 Å². The zero-order valence-corrected chi connectivity index (χ0v) is 9.88. The van der Waals surface area contributed by atoms with E-state index in [4.69, 9.17) is 9.47 Å². The standard InChI is InChI=1S/C11H24O3/c1-11(2,14-4)8-7-10(12)6-5-9-13-3/h10,12H,5-9H2,1-4H3. The van der Waals surface area contributed by atoms with E-state index >= 15 is 0 Å². The summed E-state index contributed by atoms with van der Waals surface area (Å²) < 4.78 is 10.2. The van der Waals surface area contributed by atoms with Crippen LogP contribution >= 0.6 is 0 Å². The third kappa shape index (κ3) is 7.30. The minimum Gasteiger partial charge on any atom is -0.393 e. The molecule has 0 spiro atoms. The van der Waals surface area contributed by atoms with Gasteiger partial charge in [-0.3, -0.25) is 0 Å². The van der Waals surface area contributed by atoms with Crippen molar-refractivity contribution in [3.05, 3.63) is 0 Å². The van der Waals surface area contributed by atoms with Gasteiger partial charge in [0.2, 0.25) is 0 Å². The molecule has 1 N–H and O–H groups in total. The van der Waals surface area contributed by atoms with Crippen LogP contribution in [-0.2, 0) is 9.47 Å². The number of methoxy groups -OCH3 is 2. The van der Waals surface area contributed by atoms with E-state index in [9.17, 15) is 5.11 Å². The first-order valence-corrected chi connectivity index (χ1v) is 5.24. The zero-order valence-electron chi connectivity index (χ0n) is 9.88. The van der Waals surface area contributed by atoms with Crippen molar-refractivity contribution in [2.45, 2.75) is 51.2 Å². The van der Waals surface area contributed by atoms with Crippen molar-refractivity contribution in [1.82, 2.24) is 0 Å². The third-order valence-electron chi connectivity index (χ3n) is 2.52. The topological polar surface area (TPSA) is 38.7 Å². The summed E-state index contributed by atoms with van der Waals surface area (Å²) in [5.74, 6) is 0. The van der Waals surface area contributed by atoms with E-state index in [-0.39, 0.29) is 11.7 Å². The minimum atomic E-state index is -0.223. The minimum absolute atomic E-state index is 0.123. The molecule has 0 fully saturated rings. The molecule has 1 unspecified atom stereocenters. The predicted octanol–water partition coefficient (Wildman–Crippen LogP) is 1.98. The smallest absolute Gasteiger partial charge is 0.0623 e. The normalized spacial score (nSPS) is 14.4. The Hall–Kier alpha value is -0.120. The molecular formula is C11H24O3. The molecule has 0 aliphatic rings. The molecule has 0 heterocycles. The molecule has 0 aromatic carbocycles. The van der Waals surface area contributed by atoms with Gasteiger partial charge in [0, 0.05) is 20.8 Å². The van der Waals surface area contributed by atoms with Crippen LogP contribution in [0.5, 0.6) is 0 Å². The Labute approximate surface area is 87.4 Å². The van der Waals surface area contributed by atoms with Gasteiger partial charge in [-0.05, 0) is 39.5 Å². The Bertz CT molecular complexity index is 134. The summed E-state index contributed by atoms with van der Waals surface area (Å²) in [6.07, 6.45) is 3.19. The lowest BCUT2D eigenvalue weighted by Gasteiger charge is -2.24. The number of aliphatic hydroxyl groups excluding tert-OH is 1. The van der Waals surface area contributed by atoms with Gasteiger partial charge in [0.25, 0.3) is 0 Å². The summed E-state index contributed by atoms with van der Waals surface area (Å²) in [5.41, 5.74) is -0.123. The highest BCUT2D eigenvalue weighted by molar-refractivity contribution is 4.70. The first-order chi connectivity index (χ1) is 6.52. The van der Waals surface area contributed by atoms with Gasteiger partial charge in [0.1, 0.15) is 0 Å². The van der Waals surface area contributed by atoms with Crippen LogP contribution in [0.4, 0.5) is 0 Å². The van der Waals surface area contributed by atoms with Gasteiger partial charge in [0.15, 0.2) is 0 Å². The molecule has 0 rings (SSSR count). The molecule has 3 nitrogen and oxygen atoms in total. The van der Waals surface area contributed by atoms with E-state index in [0.717, 1.165) is 32.3 Å². The van der Waals surface area contributed by atoms with Crippen LogP contribution in [0, 0.1) is 0 Å². The van der Waals surface area contributed by atoms with Crippen molar-refractivity contribution < 1.29 is 14.6 Å². The van der Waals surface area contributed by atoms with Crippen LogP contribution in [0.2, 0.25) is 0 Å². The SMILES string of the molecule is COCCCC(O)CCC(C)(C)OC. The Balaban J connectivity index is 3.48. The zero-order chi connectivity index (χ0) is 11.0. The van der Waals surface area contributed by atoms with Crippen LogP contribution in [0.1, 0.15) is 39.5 Å². The van der Waals surface area contributed by atoms with E-state index in [0.29, 0.717) is 0 Å². The third-order valence-corrected chi connectivity index (χ3v) is 2.52. The second-order valence-electron chi connectivity index (χ2n) is 4.29. The largest absolute Gasteiger partial charge is 0.393 e. The first-order valence-electron chi connectivity index (χ1n) is 5.24. The average Bonchev–Trinajstić information content (AvgIpc) is 2.16. The lowest BCUT2D eigenvalue weighted by molar-refractivity contribution is 0.00155. The van der Waals surface area contributed by atoms with Crippen molar-refractivity contribution in [1.29, 1.82) is 0 Å². The molecule has 0 amide bonds. The van der Waals surface area contributed by atoms with Gasteiger partial charge >= 0.3 is 0 Å². The molecule has 0 aliphatic heterocycles. The summed E-state index contributed by atoms with van der Waals surface area (Å²) in [5, 5.41) is 9.62. The summed E-state index contributed by atoms with van der Waals surface area (Å²) in [6.45, 7) is 4.80. The lowest BCUT2D eigenvalue weighted by Crippen LogP contribution is -2.24. The van der Waals surface area contributed by atoms with Crippen molar-refractivity contribution in [3.63, 3.8) is 0 Å². The number of hydrogen-bond acceptors (Lipinski definition) is 3. The van der Waals surface area contributed by atoms with Crippen molar-refractivity contribution in [3.8, 4) is 0 Å². The number of ether oxygens (including phenoxy) is 2. The highest BCUT2D eigenvalue weighted by Gasteiger charge is 2.17. The molecule has 1 atom stereocenters. The number of aliphatic hydroxyl groups is 1. The fourth-order valence-electron chi connectivity index (χ4n) is 1.22. The summed E-state index contributed by atoms with van der Waals surface area (Å²) >= 11 is 0. The maximum absolute atomic E-state index is 9.62. The molecule has 0 aliphatic carbocycles. The second-order valence-corrected chi connectivity index (χ2v) is 4.29. The Morgan fingerprint density at radius 2 is 1.86 bits per heavy atom. The molecule has 14 heavy (non-hydrogen) atoms. The Kier molecular flexibility index (Phi) is 7.15. The number of hydrogen-bond donors (Lipinski definition) is 1. The molecule has 0 saturated carbocycles.